The summed E-state index contributed by atoms with van der Waals surface area (Å²) in [5.74, 6) is 0. The van der Waals surface area contributed by atoms with Gasteiger partial charge >= 0.3 is 0 Å². The number of rotatable bonds is 0. The zero-order valence-electron chi connectivity index (χ0n) is 2.71. The lowest BCUT2D eigenvalue weighted by Gasteiger charge is -0.413. The first-order valence-corrected chi connectivity index (χ1v) is 0. The highest BCUT2D eigenvalue weighted by Gasteiger charge is -0.344. The number of hydrogen-bond acceptors (Lipinski definition) is 1. The first kappa shape index (κ1) is 1730. The zero-order chi connectivity index (χ0) is 0. The van der Waals surface area contributed by atoms with Crippen LogP contribution in [0.25, 0.3) is 0 Å². The molecule has 0 aromatic heterocycles. The molecule has 0 aliphatic heterocycles. The molecule has 0 bridgehead atoms. The van der Waals surface area contributed by atoms with Crippen molar-refractivity contribution in [2.24, 2.45) is 0 Å². The number of hydrogen-bond donors (Lipinski definition) is 1. The fraction of sp³-hybridized carbons (Fsp3) is 0. The van der Waals surface area contributed by atoms with E-state index in [9.17, 15) is 0 Å². The lowest BCUT2D eigenvalue weighted by atomic mass is 14.0. The van der Waals surface area contributed by atoms with Crippen LogP contribution in [0.1, 0.15) is 0 Å². The Kier molecular flexibility index (Phi) is 258000. The lowest BCUT2D eigenvalue weighted by Crippen LogP contribution is -0.481. The quantitative estimate of drug-likeness (QED) is 0.326. The van der Waals surface area contributed by atoms with Crippen LogP contribution in [-0.2, 0) is 0 Å². The van der Waals surface area contributed by atoms with Gasteiger partial charge in [0.1, 0.15) is 0 Å². The molecule has 0 saturated heterocycles. The zero-order valence-corrected chi connectivity index (χ0v) is 2.71. The Hall–Kier alpha value is -0.200. The molecule has 0 radical (unpaired) electrons. The van der Waals surface area contributed by atoms with Gasteiger partial charge in [-0.3, -0.25) is 0 Å². The van der Waals surface area contributed by atoms with Gasteiger partial charge in [-0.15, -0.1) is 0 Å². The van der Waals surface area contributed by atoms with Gasteiger partial charge in [-0.05, 0) is 0 Å². The average molecular weight is 89.1 g/mol. The third-order valence-corrected chi connectivity index (χ3v) is 0. The molecular formula is H11NO4. The molecule has 0 fully saturated rings. The Bertz CT molecular complexity index is 3.61. The van der Waals surface area contributed by atoms with Crippen LogP contribution in [0, 0.1) is 0 Å². The van der Waals surface area contributed by atoms with Crippen molar-refractivity contribution in [2.45, 2.75) is 0 Å². The van der Waals surface area contributed by atoms with Gasteiger partial charge in [0.15, 0.2) is 0 Å². The lowest BCUT2D eigenvalue weighted by molar-refractivity contribution is 0.823. The van der Waals surface area contributed by atoms with Crippen LogP contribution in [0.4, 0.5) is 0 Å². The monoisotopic (exact) mass is 89.1 g/mol. The fourth-order valence-electron chi connectivity index (χ4n) is 0. The molecule has 5 nitrogen and oxygen atoms in total. The fourth-order valence-corrected chi connectivity index (χ4v) is 0. The minimum Gasteiger partial charge on any atom is -0.412 e. The summed E-state index contributed by atoms with van der Waals surface area (Å²) in [6, 6.07) is 0. The summed E-state index contributed by atoms with van der Waals surface area (Å²) in [5, 5.41) is 0. The average Bonchev–Trinajstić information content (AvgIpc) is 0. The van der Waals surface area contributed by atoms with Crippen LogP contribution in [0.2, 0.25) is 0 Å². The van der Waals surface area contributed by atoms with Gasteiger partial charge in [-0.1, -0.05) is 0 Å². The molecule has 0 spiro atoms. The van der Waals surface area contributed by atoms with Crippen LogP contribution >= 0.6 is 0 Å². The van der Waals surface area contributed by atoms with Crippen molar-refractivity contribution in [1.29, 1.82) is 0 Å². The van der Waals surface area contributed by atoms with Gasteiger partial charge < -0.3 is 28.1 Å². The van der Waals surface area contributed by atoms with E-state index in [-0.39, 0.29) is 28.1 Å². The standard InChI is InChI=1S/H3N.4H2O/h1H3;4*1H2. The second kappa shape index (κ2) is 745. The molecular weight excluding hydrogens is 78.0 g/mol. The van der Waals surface area contributed by atoms with E-state index in [2.05, 4.69) is 0 Å². The van der Waals surface area contributed by atoms with E-state index in [0.29, 0.717) is 0 Å². The smallest absolute Gasteiger partial charge is 0.344 e. The first-order chi connectivity index (χ1) is 0. The van der Waals surface area contributed by atoms with Crippen LogP contribution in [0.5, 0.6) is 0 Å². The largest absolute Gasteiger partial charge is 0.412 e. The first-order valence-electron chi connectivity index (χ1n) is 0. The Balaban J connectivity index is 0. The van der Waals surface area contributed by atoms with Gasteiger partial charge in [-0.2, -0.15) is 0 Å². The highest BCUT2D eigenvalue weighted by atomic mass is 16.0. The third kappa shape index (κ3) is 308. The topological polar surface area (TPSA) is 161 Å². The predicted molar refractivity (Wildman–Crippen MR) is 19.5 cm³/mol. The molecule has 0 unspecified atom stereocenters. The minimum atomic E-state index is 0. The molecule has 0 aromatic carbocycles. The predicted octanol–water partition coefficient (Wildman–Crippen LogP) is -3.14. The molecule has 11 N–H and O–H groups in total. The van der Waals surface area contributed by atoms with E-state index in [1.54, 1.807) is 0 Å². The Labute approximate surface area is 29.4 Å². The van der Waals surface area contributed by atoms with E-state index in [0.717, 1.165) is 0 Å². The normalized spacial score (nSPS) is 0. The molecule has 0 rings (SSSR count). The summed E-state index contributed by atoms with van der Waals surface area (Å²) in [7, 11) is 0. The van der Waals surface area contributed by atoms with Crippen molar-refractivity contribution in [1.82, 2.24) is 6.15 Å². The SMILES string of the molecule is N.O.O.O.O. The van der Waals surface area contributed by atoms with Crippen molar-refractivity contribution in [2.75, 3.05) is 0 Å². The molecule has 0 aromatic rings. The van der Waals surface area contributed by atoms with E-state index >= 15 is 0 Å². The summed E-state index contributed by atoms with van der Waals surface area (Å²) >= 11 is 0. The molecule has 5 heavy (non-hydrogen) atoms. The van der Waals surface area contributed by atoms with Crippen molar-refractivity contribution in [3.05, 3.63) is 0 Å². The van der Waals surface area contributed by atoms with Gasteiger partial charge in [0.05, 0.1) is 0 Å². The Morgan fingerprint density at radius 3 is 0.400 bits per heavy atom. The third-order valence-electron chi connectivity index (χ3n) is 0. The van der Waals surface area contributed by atoms with E-state index in [1.165, 1.54) is 0 Å². The van der Waals surface area contributed by atoms with Crippen LogP contribution in [0.15, 0.2) is 0 Å². The molecule has 0 aliphatic carbocycles. The minimum absolute atomic E-state index is 0. The van der Waals surface area contributed by atoms with Crippen molar-refractivity contribution < 1.29 is 21.9 Å². The molecule has 40 valence electrons. The van der Waals surface area contributed by atoms with E-state index < -0.39 is 0 Å². The maximum absolute atomic E-state index is 0. The van der Waals surface area contributed by atoms with Crippen LogP contribution in [-0.4, -0.2) is 21.9 Å². The maximum atomic E-state index is 0. The van der Waals surface area contributed by atoms with Crippen molar-refractivity contribution in [3.63, 3.8) is 0 Å². The summed E-state index contributed by atoms with van der Waals surface area (Å²) in [5.41, 5.74) is 0. The van der Waals surface area contributed by atoms with Gasteiger partial charge in [0.25, 0.3) is 0 Å². The van der Waals surface area contributed by atoms with Gasteiger partial charge in [-0.25, -0.2) is 0 Å². The van der Waals surface area contributed by atoms with Gasteiger partial charge in [0.2, 0.25) is 0 Å². The Morgan fingerprint density at radius 2 is 0.400 bits per heavy atom. The van der Waals surface area contributed by atoms with Crippen molar-refractivity contribution >= 4 is 0 Å². The maximum Gasteiger partial charge on any atom is -0.344 e. The highest BCUT2D eigenvalue weighted by Crippen LogP contribution is -0.286. The van der Waals surface area contributed by atoms with E-state index in [1.807, 2.05) is 0 Å². The Morgan fingerprint density at radius 1 is 0.400 bits per heavy atom. The second-order valence-corrected chi connectivity index (χ2v) is 0. The van der Waals surface area contributed by atoms with Crippen LogP contribution < -0.4 is 6.15 Å². The molecule has 0 aliphatic rings. The van der Waals surface area contributed by atoms with E-state index in [4.69, 9.17) is 0 Å². The molecule has 5 heteroatoms. The molecule has 0 atom stereocenters. The summed E-state index contributed by atoms with van der Waals surface area (Å²) in [6.07, 6.45) is 0. The molecule has 0 amide bonds. The summed E-state index contributed by atoms with van der Waals surface area (Å²) < 4.78 is 0. The summed E-state index contributed by atoms with van der Waals surface area (Å²) in [4.78, 5) is 0. The van der Waals surface area contributed by atoms with Gasteiger partial charge in [0, 0.05) is 0 Å². The highest BCUT2D eigenvalue weighted by molar-refractivity contribution is 2.13. The molecule has 0 saturated carbocycles. The van der Waals surface area contributed by atoms with Crippen molar-refractivity contribution in [3.8, 4) is 0 Å². The second-order valence-electron chi connectivity index (χ2n) is 0. The molecule has 0 heterocycles. The van der Waals surface area contributed by atoms with Crippen LogP contribution in [0.3, 0.4) is 0 Å². The summed E-state index contributed by atoms with van der Waals surface area (Å²) in [6.45, 7) is 0.